The van der Waals surface area contributed by atoms with Crippen molar-refractivity contribution in [3.8, 4) is 0 Å². The van der Waals surface area contributed by atoms with Gasteiger partial charge in [0, 0.05) is 33.6 Å². The molecule has 4 nitrogen and oxygen atoms in total. The first-order valence-electron chi connectivity index (χ1n) is 5.94. The fourth-order valence-electron chi connectivity index (χ4n) is 2.22. The molecule has 17 heavy (non-hydrogen) atoms. The van der Waals surface area contributed by atoms with E-state index in [-0.39, 0.29) is 18.1 Å². The summed E-state index contributed by atoms with van der Waals surface area (Å²) in [6, 6.07) is 0.185. The van der Waals surface area contributed by atoms with E-state index in [2.05, 4.69) is 4.90 Å². The standard InChI is InChI=1S/C12H21NO3S/c1-9(14)6-7-11(17)13-8-4-5-10(13)12(15-2)16-3/h10,12H,4-8H2,1-3H3. The highest BCUT2D eigenvalue weighted by Crippen LogP contribution is 2.24. The zero-order valence-corrected chi connectivity index (χ0v) is 11.6. The summed E-state index contributed by atoms with van der Waals surface area (Å²) in [5.41, 5.74) is 0. The minimum atomic E-state index is -0.243. The fourth-order valence-corrected chi connectivity index (χ4v) is 2.55. The smallest absolute Gasteiger partial charge is 0.177 e. The van der Waals surface area contributed by atoms with Crippen molar-refractivity contribution < 1.29 is 14.3 Å². The van der Waals surface area contributed by atoms with Crippen LogP contribution < -0.4 is 0 Å². The average molecular weight is 259 g/mol. The third-order valence-corrected chi connectivity index (χ3v) is 3.53. The summed E-state index contributed by atoms with van der Waals surface area (Å²) < 4.78 is 10.6. The molecular formula is C12H21NO3S. The van der Waals surface area contributed by atoms with Crippen LogP contribution in [0.15, 0.2) is 0 Å². The molecule has 0 amide bonds. The molecule has 98 valence electrons. The number of hydrogen-bond donors (Lipinski definition) is 0. The van der Waals surface area contributed by atoms with Crippen molar-refractivity contribution in [1.29, 1.82) is 0 Å². The zero-order valence-electron chi connectivity index (χ0n) is 10.8. The number of ether oxygens (including phenoxy) is 2. The summed E-state index contributed by atoms with van der Waals surface area (Å²) in [6.07, 6.45) is 3.04. The first-order valence-corrected chi connectivity index (χ1v) is 6.35. The number of hydrogen-bond acceptors (Lipinski definition) is 4. The lowest BCUT2D eigenvalue weighted by Gasteiger charge is -2.31. The Morgan fingerprint density at radius 1 is 1.41 bits per heavy atom. The van der Waals surface area contributed by atoms with E-state index < -0.39 is 0 Å². The normalized spacial score (nSPS) is 20.0. The molecule has 5 heteroatoms. The van der Waals surface area contributed by atoms with Crippen molar-refractivity contribution in [3.05, 3.63) is 0 Å². The summed E-state index contributed by atoms with van der Waals surface area (Å²) >= 11 is 5.39. The van der Waals surface area contributed by atoms with Crippen LogP contribution in [0.5, 0.6) is 0 Å². The first-order chi connectivity index (χ1) is 8.10. The van der Waals surface area contributed by atoms with Gasteiger partial charge in [0.1, 0.15) is 5.78 Å². The summed E-state index contributed by atoms with van der Waals surface area (Å²) in [5.74, 6) is 0.179. The van der Waals surface area contributed by atoms with E-state index in [1.54, 1.807) is 21.1 Å². The van der Waals surface area contributed by atoms with Gasteiger partial charge in [0.2, 0.25) is 0 Å². The maximum absolute atomic E-state index is 11.0. The van der Waals surface area contributed by atoms with E-state index in [0.29, 0.717) is 12.8 Å². The second-order valence-corrected chi connectivity index (χ2v) is 4.81. The van der Waals surface area contributed by atoms with Crippen molar-refractivity contribution in [2.75, 3.05) is 20.8 Å². The van der Waals surface area contributed by atoms with Crippen molar-refractivity contribution >= 4 is 23.0 Å². The lowest BCUT2D eigenvalue weighted by Crippen LogP contribution is -2.43. The third kappa shape index (κ3) is 4.01. The molecule has 1 heterocycles. The number of nitrogens with zero attached hydrogens (tertiary/aromatic N) is 1. The number of likely N-dealkylation sites (tertiary alicyclic amines) is 1. The van der Waals surface area contributed by atoms with Gasteiger partial charge in [-0.1, -0.05) is 12.2 Å². The molecule has 0 spiro atoms. The predicted molar refractivity (Wildman–Crippen MR) is 70.0 cm³/mol. The molecule has 1 saturated heterocycles. The van der Waals surface area contributed by atoms with Crippen molar-refractivity contribution in [2.45, 2.75) is 44.9 Å². The van der Waals surface area contributed by atoms with Gasteiger partial charge in [0.25, 0.3) is 0 Å². The minimum Gasteiger partial charge on any atom is -0.358 e. The van der Waals surface area contributed by atoms with E-state index in [4.69, 9.17) is 21.7 Å². The predicted octanol–water partition coefficient (Wildman–Crippen LogP) is 1.77. The van der Waals surface area contributed by atoms with E-state index >= 15 is 0 Å². The number of rotatable bonds is 6. The van der Waals surface area contributed by atoms with Gasteiger partial charge in [-0.15, -0.1) is 0 Å². The SMILES string of the molecule is COC(OC)C1CCCN1C(=S)CCC(C)=O. The van der Waals surface area contributed by atoms with E-state index in [1.807, 2.05) is 0 Å². The van der Waals surface area contributed by atoms with Crippen LogP contribution in [-0.4, -0.2) is 48.8 Å². The Balaban J connectivity index is 2.55. The molecule has 0 aromatic carbocycles. The molecule has 1 aliphatic rings. The Morgan fingerprint density at radius 3 is 2.59 bits per heavy atom. The number of thiocarbonyl (C=S) groups is 1. The van der Waals surface area contributed by atoms with E-state index in [1.165, 1.54) is 0 Å². The average Bonchev–Trinajstić information content (AvgIpc) is 2.77. The van der Waals surface area contributed by atoms with Crippen LogP contribution in [0, 0.1) is 0 Å². The molecule has 0 aromatic rings. The maximum Gasteiger partial charge on any atom is 0.177 e. The second-order valence-electron chi connectivity index (χ2n) is 4.34. The summed E-state index contributed by atoms with van der Waals surface area (Å²) in [5, 5.41) is 0. The Bertz CT molecular complexity index is 279. The second kappa shape index (κ2) is 7.03. The molecule has 1 rings (SSSR count). The van der Waals surface area contributed by atoms with E-state index in [9.17, 15) is 4.79 Å². The zero-order chi connectivity index (χ0) is 12.8. The van der Waals surface area contributed by atoms with Crippen LogP contribution in [0.3, 0.4) is 0 Å². The number of Topliss-reactive ketones (excluding diaryl/α,β-unsaturated/α-hetero) is 1. The highest BCUT2D eigenvalue weighted by Gasteiger charge is 2.33. The number of ketones is 1. The van der Waals surface area contributed by atoms with Gasteiger partial charge in [-0.3, -0.25) is 0 Å². The number of carbonyl (C=O) groups is 1. The van der Waals surface area contributed by atoms with Crippen LogP contribution in [0.1, 0.15) is 32.6 Å². The summed E-state index contributed by atoms with van der Waals surface area (Å²) in [6.45, 7) is 2.53. The van der Waals surface area contributed by atoms with E-state index in [0.717, 1.165) is 24.4 Å². The molecule has 0 radical (unpaired) electrons. The number of methoxy groups -OCH3 is 2. The van der Waals surface area contributed by atoms with Gasteiger partial charge in [0.15, 0.2) is 6.29 Å². The molecule has 0 N–H and O–H groups in total. The molecule has 1 atom stereocenters. The van der Waals surface area contributed by atoms with Gasteiger partial charge in [-0.05, 0) is 19.8 Å². The Morgan fingerprint density at radius 2 is 2.06 bits per heavy atom. The van der Waals surface area contributed by atoms with Crippen LogP contribution in [0.2, 0.25) is 0 Å². The maximum atomic E-state index is 11.0. The van der Waals surface area contributed by atoms with Gasteiger partial charge in [0.05, 0.1) is 11.0 Å². The molecule has 1 unspecified atom stereocenters. The van der Waals surface area contributed by atoms with Gasteiger partial charge < -0.3 is 19.2 Å². The topological polar surface area (TPSA) is 38.8 Å². The Labute approximate surface area is 108 Å². The highest BCUT2D eigenvalue weighted by atomic mass is 32.1. The Kier molecular flexibility index (Phi) is 6.02. The van der Waals surface area contributed by atoms with Gasteiger partial charge >= 0.3 is 0 Å². The first kappa shape index (κ1) is 14.5. The van der Waals surface area contributed by atoms with Crippen molar-refractivity contribution in [1.82, 2.24) is 4.90 Å². The summed E-state index contributed by atoms with van der Waals surface area (Å²) in [7, 11) is 3.28. The molecule has 1 aliphatic heterocycles. The molecular weight excluding hydrogens is 238 g/mol. The molecule has 0 saturated carbocycles. The van der Waals surface area contributed by atoms with Crippen LogP contribution in [-0.2, 0) is 14.3 Å². The van der Waals surface area contributed by atoms with Crippen molar-refractivity contribution in [2.24, 2.45) is 0 Å². The quantitative estimate of drug-likeness (QED) is 0.537. The molecule has 0 aromatic heterocycles. The summed E-state index contributed by atoms with van der Waals surface area (Å²) in [4.78, 5) is 14.0. The fraction of sp³-hybridized carbons (Fsp3) is 0.833. The minimum absolute atomic E-state index is 0.179. The van der Waals surface area contributed by atoms with Crippen LogP contribution in [0.25, 0.3) is 0 Å². The lowest BCUT2D eigenvalue weighted by molar-refractivity contribution is -0.131. The Hall–Kier alpha value is -0.520. The molecule has 1 fully saturated rings. The van der Waals surface area contributed by atoms with Gasteiger partial charge in [-0.2, -0.15) is 0 Å². The largest absolute Gasteiger partial charge is 0.358 e. The highest BCUT2D eigenvalue weighted by molar-refractivity contribution is 7.80. The monoisotopic (exact) mass is 259 g/mol. The molecule has 0 aliphatic carbocycles. The van der Waals surface area contributed by atoms with Crippen LogP contribution >= 0.6 is 12.2 Å². The van der Waals surface area contributed by atoms with Gasteiger partial charge in [-0.25, -0.2) is 0 Å². The number of carbonyl (C=O) groups excluding carboxylic acids is 1. The van der Waals surface area contributed by atoms with Crippen LogP contribution in [0.4, 0.5) is 0 Å². The third-order valence-electron chi connectivity index (χ3n) is 3.09. The molecule has 0 bridgehead atoms. The lowest BCUT2D eigenvalue weighted by atomic mass is 10.2. The van der Waals surface area contributed by atoms with Crippen molar-refractivity contribution in [3.63, 3.8) is 0 Å².